The number of pyridine rings is 1. The summed E-state index contributed by atoms with van der Waals surface area (Å²) in [5.41, 5.74) is 2.41. The van der Waals surface area contributed by atoms with E-state index in [0.29, 0.717) is 5.92 Å². The Kier molecular flexibility index (Phi) is 2.55. The molecular formula is C12H12BrN. The molecule has 1 aromatic carbocycles. The average molecular weight is 250 g/mol. The molecule has 2 aromatic rings. The smallest absolute Gasteiger partial charge is 0.107 e. The molecule has 0 unspecified atom stereocenters. The number of hydrogen-bond donors (Lipinski definition) is 0. The fraction of sp³-hybridized carbons (Fsp3) is 0.250. The summed E-state index contributed by atoms with van der Waals surface area (Å²) in [6, 6.07) is 10.4. The van der Waals surface area contributed by atoms with Crippen LogP contribution in [-0.2, 0) is 0 Å². The highest BCUT2D eigenvalue weighted by Crippen LogP contribution is 2.26. The van der Waals surface area contributed by atoms with Crippen LogP contribution in [0, 0.1) is 0 Å². The van der Waals surface area contributed by atoms with E-state index in [4.69, 9.17) is 0 Å². The van der Waals surface area contributed by atoms with Gasteiger partial charge in [-0.2, -0.15) is 0 Å². The van der Waals surface area contributed by atoms with Crippen molar-refractivity contribution in [2.75, 3.05) is 0 Å². The zero-order valence-electron chi connectivity index (χ0n) is 8.29. The minimum atomic E-state index is 0.527. The summed E-state index contributed by atoms with van der Waals surface area (Å²) in [6.07, 6.45) is 0. The van der Waals surface area contributed by atoms with Gasteiger partial charge in [0, 0.05) is 5.39 Å². The van der Waals surface area contributed by atoms with Crippen molar-refractivity contribution in [1.82, 2.24) is 4.98 Å². The molecule has 1 heterocycles. The molecule has 0 radical (unpaired) electrons. The van der Waals surface area contributed by atoms with E-state index in [1.807, 2.05) is 12.1 Å². The monoisotopic (exact) mass is 249 g/mol. The van der Waals surface area contributed by atoms with Gasteiger partial charge in [0.1, 0.15) is 4.60 Å². The summed E-state index contributed by atoms with van der Waals surface area (Å²) < 4.78 is 0.917. The van der Waals surface area contributed by atoms with Crippen molar-refractivity contribution < 1.29 is 0 Å². The molecule has 0 bridgehead atoms. The molecule has 0 amide bonds. The van der Waals surface area contributed by atoms with Crippen LogP contribution in [0.4, 0.5) is 0 Å². The van der Waals surface area contributed by atoms with Crippen molar-refractivity contribution in [3.8, 4) is 0 Å². The molecular weight excluding hydrogens is 238 g/mol. The Morgan fingerprint density at radius 3 is 2.64 bits per heavy atom. The maximum atomic E-state index is 4.44. The number of benzene rings is 1. The van der Waals surface area contributed by atoms with Crippen LogP contribution in [0.5, 0.6) is 0 Å². The normalized spacial score (nSPS) is 11.1. The van der Waals surface area contributed by atoms with E-state index < -0.39 is 0 Å². The second-order valence-electron chi connectivity index (χ2n) is 3.71. The topological polar surface area (TPSA) is 12.9 Å². The summed E-state index contributed by atoms with van der Waals surface area (Å²) >= 11 is 3.44. The van der Waals surface area contributed by atoms with Crippen LogP contribution >= 0.6 is 15.9 Å². The Bertz CT molecular complexity index is 463. The quantitative estimate of drug-likeness (QED) is 0.693. The highest BCUT2D eigenvalue weighted by Gasteiger charge is 2.06. The molecule has 0 atom stereocenters. The SMILES string of the molecule is CC(C)c1cc(Br)nc2ccccc12. The van der Waals surface area contributed by atoms with Gasteiger partial charge in [-0.25, -0.2) is 4.98 Å². The van der Waals surface area contributed by atoms with Crippen molar-refractivity contribution in [3.63, 3.8) is 0 Å². The van der Waals surface area contributed by atoms with Gasteiger partial charge in [0.25, 0.3) is 0 Å². The van der Waals surface area contributed by atoms with Crippen molar-refractivity contribution in [2.45, 2.75) is 19.8 Å². The van der Waals surface area contributed by atoms with E-state index in [-0.39, 0.29) is 0 Å². The number of rotatable bonds is 1. The molecule has 0 N–H and O–H groups in total. The highest BCUT2D eigenvalue weighted by atomic mass is 79.9. The van der Waals surface area contributed by atoms with Gasteiger partial charge in [0.15, 0.2) is 0 Å². The molecule has 14 heavy (non-hydrogen) atoms. The predicted molar refractivity (Wildman–Crippen MR) is 63.5 cm³/mol. The lowest BCUT2D eigenvalue weighted by Crippen LogP contribution is -1.92. The van der Waals surface area contributed by atoms with Gasteiger partial charge in [0.05, 0.1) is 5.52 Å². The van der Waals surface area contributed by atoms with E-state index in [9.17, 15) is 0 Å². The summed E-state index contributed by atoms with van der Waals surface area (Å²) in [4.78, 5) is 4.44. The van der Waals surface area contributed by atoms with Crippen molar-refractivity contribution in [1.29, 1.82) is 0 Å². The summed E-state index contributed by atoms with van der Waals surface area (Å²) in [6.45, 7) is 4.41. The van der Waals surface area contributed by atoms with E-state index >= 15 is 0 Å². The van der Waals surface area contributed by atoms with E-state index in [1.54, 1.807) is 0 Å². The minimum absolute atomic E-state index is 0.527. The summed E-state index contributed by atoms with van der Waals surface area (Å²) in [5, 5.41) is 1.26. The molecule has 2 rings (SSSR count). The van der Waals surface area contributed by atoms with Crippen molar-refractivity contribution in [2.24, 2.45) is 0 Å². The van der Waals surface area contributed by atoms with Gasteiger partial charge >= 0.3 is 0 Å². The first-order valence-electron chi connectivity index (χ1n) is 4.73. The molecule has 0 saturated heterocycles. The van der Waals surface area contributed by atoms with Crippen LogP contribution in [0.1, 0.15) is 25.3 Å². The van der Waals surface area contributed by atoms with Gasteiger partial charge in [-0.1, -0.05) is 32.0 Å². The lowest BCUT2D eigenvalue weighted by Gasteiger charge is -2.09. The first-order valence-corrected chi connectivity index (χ1v) is 5.53. The maximum absolute atomic E-state index is 4.44. The molecule has 72 valence electrons. The molecule has 0 spiro atoms. The van der Waals surface area contributed by atoms with Gasteiger partial charge in [-0.3, -0.25) is 0 Å². The largest absolute Gasteiger partial charge is 0.241 e. The van der Waals surface area contributed by atoms with Gasteiger partial charge in [-0.05, 0) is 39.5 Å². The Balaban J connectivity index is 2.80. The first-order chi connectivity index (χ1) is 6.68. The van der Waals surface area contributed by atoms with E-state index in [1.165, 1.54) is 10.9 Å². The highest BCUT2D eigenvalue weighted by molar-refractivity contribution is 9.10. The third kappa shape index (κ3) is 1.67. The Hall–Kier alpha value is -0.890. The lowest BCUT2D eigenvalue weighted by atomic mass is 9.99. The summed E-state index contributed by atoms with van der Waals surface area (Å²) in [7, 11) is 0. The number of fused-ring (bicyclic) bond motifs is 1. The Labute approximate surface area is 92.3 Å². The fourth-order valence-corrected chi connectivity index (χ4v) is 2.08. The Morgan fingerprint density at radius 1 is 1.21 bits per heavy atom. The minimum Gasteiger partial charge on any atom is -0.241 e. The van der Waals surface area contributed by atoms with Gasteiger partial charge < -0.3 is 0 Å². The van der Waals surface area contributed by atoms with Crippen molar-refractivity contribution in [3.05, 3.63) is 40.5 Å². The molecule has 0 aliphatic rings. The molecule has 1 aromatic heterocycles. The molecule has 2 heteroatoms. The summed E-state index contributed by atoms with van der Waals surface area (Å²) in [5.74, 6) is 0.527. The zero-order valence-corrected chi connectivity index (χ0v) is 9.88. The maximum Gasteiger partial charge on any atom is 0.107 e. The first kappa shape index (κ1) is 9.66. The average Bonchev–Trinajstić information content (AvgIpc) is 2.16. The van der Waals surface area contributed by atoms with E-state index in [2.05, 4.69) is 53.0 Å². The predicted octanol–water partition coefficient (Wildman–Crippen LogP) is 4.12. The molecule has 0 saturated carbocycles. The van der Waals surface area contributed by atoms with Gasteiger partial charge in [0.2, 0.25) is 0 Å². The zero-order chi connectivity index (χ0) is 10.1. The Morgan fingerprint density at radius 2 is 1.93 bits per heavy atom. The number of halogens is 1. The second kappa shape index (κ2) is 3.70. The van der Waals surface area contributed by atoms with Crippen LogP contribution in [0.3, 0.4) is 0 Å². The second-order valence-corrected chi connectivity index (χ2v) is 4.52. The van der Waals surface area contributed by atoms with Crippen LogP contribution < -0.4 is 0 Å². The fourth-order valence-electron chi connectivity index (χ4n) is 1.65. The molecule has 0 fully saturated rings. The van der Waals surface area contributed by atoms with Crippen LogP contribution in [-0.4, -0.2) is 4.98 Å². The van der Waals surface area contributed by atoms with Crippen LogP contribution in [0.25, 0.3) is 10.9 Å². The molecule has 0 aliphatic carbocycles. The van der Waals surface area contributed by atoms with Crippen LogP contribution in [0.15, 0.2) is 34.9 Å². The van der Waals surface area contributed by atoms with Crippen LogP contribution in [0.2, 0.25) is 0 Å². The standard InChI is InChI=1S/C12H12BrN/c1-8(2)10-7-12(13)14-11-6-4-3-5-9(10)11/h3-8H,1-2H3. The third-order valence-electron chi connectivity index (χ3n) is 2.34. The number of nitrogens with zero attached hydrogens (tertiary/aromatic N) is 1. The number of para-hydroxylation sites is 1. The van der Waals surface area contributed by atoms with Crippen molar-refractivity contribution >= 4 is 26.8 Å². The van der Waals surface area contributed by atoms with Gasteiger partial charge in [-0.15, -0.1) is 0 Å². The third-order valence-corrected chi connectivity index (χ3v) is 2.75. The lowest BCUT2D eigenvalue weighted by molar-refractivity contribution is 0.873. The molecule has 0 aliphatic heterocycles. The molecule has 1 nitrogen and oxygen atoms in total. The van der Waals surface area contributed by atoms with E-state index in [0.717, 1.165) is 10.1 Å². The number of hydrogen-bond acceptors (Lipinski definition) is 1. The number of aromatic nitrogens is 1.